The maximum Gasteiger partial charge on any atom is 0.178 e. The van der Waals surface area contributed by atoms with Gasteiger partial charge in [0.05, 0.1) is 19.1 Å². The molecular formula is C16H16N2O2. The van der Waals surface area contributed by atoms with Crippen LogP contribution in [0.4, 0.5) is 0 Å². The minimum Gasteiger partial charge on any atom is -0.472 e. The molecule has 102 valence electrons. The molecule has 0 unspecified atom stereocenters. The summed E-state index contributed by atoms with van der Waals surface area (Å²) in [7, 11) is 1.93. The number of likely N-dealkylation sites (N-methyl/N-ethyl adjacent to an activating group) is 1. The Morgan fingerprint density at radius 3 is 2.95 bits per heavy atom. The SMILES string of the molecule is CN(CC(=O)c1c[nH]c2ccccc12)Cc1ccoc1. The maximum absolute atomic E-state index is 12.4. The van der Waals surface area contributed by atoms with Crippen LogP contribution in [-0.2, 0) is 6.54 Å². The molecule has 0 saturated heterocycles. The predicted molar refractivity (Wildman–Crippen MR) is 77.7 cm³/mol. The monoisotopic (exact) mass is 268 g/mol. The number of nitrogens with one attached hydrogen (secondary N) is 1. The lowest BCUT2D eigenvalue weighted by Crippen LogP contribution is -2.25. The first kappa shape index (κ1) is 12.7. The van der Waals surface area contributed by atoms with Crippen molar-refractivity contribution in [3.05, 3.63) is 60.2 Å². The number of Topliss-reactive ketones (excluding diaryl/α,β-unsaturated/α-hetero) is 1. The Labute approximate surface area is 117 Å². The van der Waals surface area contributed by atoms with E-state index >= 15 is 0 Å². The Balaban J connectivity index is 1.73. The van der Waals surface area contributed by atoms with Crippen LogP contribution in [-0.4, -0.2) is 29.3 Å². The Morgan fingerprint density at radius 1 is 1.30 bits per heavy atom. The quantitative estimate of drug-likeness (QED) is 0.723. The van der Waals surface area contributed by atoms with Gasteiger partial charge in [-0.1, -0.05) is 18.2 Å². The topological polar surface area (TPSA) is 49.2 Å². The van der Waals surface area contributed by atoms with Crippen LogP contribution in [0.25, 0.3) is 10.9 Å². The second-order valence-electron chi connectivity index (χ2n) is 4.97. The second kappa shape index (κ2) is 5.35. The number of benzene rings is 1. The van der Waals surface area contributed by atoms with Crippen LogP contribution in [0.1, 0.15) is 15.9 Å². The normalized spacial score (nSPS) is 11.3. The molecule has 0 amide bonds. The van der Waals surface area contributed by atoms with Gasteiger partial charge in [-0.25, -0.2) is 0 Å². The molecule has 0 aliphatic heterocycles. The lowest BCUT2D eigenvalue weighted by atomic mass is 10.1. The second-order valence-corrected chi connectivity index (χ2v) is 4.97. The number of rotatable bonds is 5. The molecule has 2 aromatic heterocycles. The van der Waals surface area contributed by atoms with E-state index in [0.717, 1.165) is 22.0 Å². The average Bonchev–Trinajstić information content (AvgIpc) is 3.07. The molecule has 0 saturated carbocycles. The van der Waals surface area contributed by atoms with Crippen molar-refractivity contribution in [2.45, 2.75) is 6.54 Å². The first-order valence-corrected chi connectivity index (χ1v) is 6.53. The third-order valence-corrected chi connectivity index (χ3v) is 3.34. The van der Waals surface area contributed by atoms with Crippen LogP contribution in [0, 0.1) is 0 Å². The van der Waals surface area contributed by atoms with Crippen molar-refractivity contribution in [3.63, 3.8) is 0 Å². The van der Waals surface area contributed by atoms with Gasteiger partial charge in [-0.15, -0.1) is 0 Å². The van der Waals surface area contributed by atoms with Crippen LogP contribution in [0.15, 0.2) is 53.5 Å². The van der Waals surface area contributed by atoms with Gasteiger partial charge in [0, 0.05) is 34.8 Å². The number of carbonyl (C=O) groups excluding carboxylic acids is 1. The fraction of sp³-hybridized carbons (Fsp3) is 0.188. The van der Waals surface area contributed by atoms with E-state index in [1.54, 1.807) is 18.7 Å². The van der Waals surface area contributed by atoms with Crippen LogP contribution in [0.2, 0.25) is 0 Å². The molecule has 3 rings (SSSR count). The molecule has 1 N–H and O–H groups in total. The summed E-state index contributed by atoms with van der Waals surface area (Å²) in [5.74, 6) is 0.119. The van der Waals surface area contributed by atoms with Crippen molar-refractivity contribution >= 4 is 16.7 Å². The number of hydrogen-bond donors (Lipinski definition) is 1. The molecule has 0 aliphatic carbocycles. The van der Waals surface area contributed by atoms with Crippen LogP contribution >= 0.6 is 0 Å². The number of carbonyl (C=O) groups is 1. The molecule has 2 heterocycles. The molecule has 0 fully saturated rings. The lowest BCUT2D eigenvalue weighted by molar-refractivity contribution is 0.0944. The Hall–Kier alpha value is -2.33. The molecule has 0 bridgehead atoms. The minimum atomic E-state index is 0.119. The van der Waals surface area contributed by atoms with Crippen molar-refractivity contribution in [2.75, 3.05) is 13.6 Å². The van der Waals surface area contributed by atoms with Gasteiger partial charge in [0.25, 0.3) is 0 Å². The highest BCUT2D eigenvalue weighted by Crippen LogP contribution is 2.18. The minimum absolute atomic E-state index is 0.119. The van der Waals surface area contributed by atoms with Gasteiger partial charge < -0.3 is 9.40 Å². The van der Waals surface area contributed by atoms with Gasteiger partial charge in [0.1, 0.15) is 0 Å². The third kappa shape index (κ3) is 2.51. The van der Waals surface area contributed by atoms with Gasteiger partial charge >= 0.3 is 0 Å². The van der Waals surface area contributed by atoms with Crippen LogP contribution in [0.3, 0.4) is 0 Å². The average molecular weight is 268 g/mol. The number of ketones is 1. The van der Waals surface area contributed by atoms with E-state index in [-0.39, 0.29) is 5.78 Å². The van der Waals surface area contributed by atoms with Crippen molar-refractivity contribution < 1.29 is 9.21 Å². The summed E-state index contributed by atoms with van der Waals surface area (Å²) in [5, 5.41) is 0.981. The first-order valence-electron chi connectivity index (χ1n) is 6.53. The number of hydrogen-bond acceptors (Lipinski definition) is 3. The van der Waals surface area contributed by atoms with E-state index < -0.39 is 0 Å². The van der Waals surface area contributed by atoms with Crippen LogP contribution in [0.5, 0.6) is 0 Å². The molecule has 1 aromatic carbocycles. The van der Waals surface area contributed by atoms with Gasteiger partial charge in [-0.2, -0.15) is 0 Å². The van der Waals surface area contributed by atoms with Gasteiger partial charge in [-0.3, -0.25) is 9.69 Å². The summed E-state index contributed by atoms with van der Waals surface area (Å²) in [5.41, 5.74) is 2.81. The van der Waals surface area contributed by atoms with Gasteiger partial charge in [0.2, 0.25) is 0 Å². The van der Waals surface area contributed by atoms with E-state index in [9.17, 15) is 4.79 Å². The molecule has 20 heavy (non-hydrogen) atoms. The summed E-state index contributed by atoms with van der Waals surface area (Å²) in [6.07, 6.45) is 5.13. The maximum atomic E-state index is 12.4. The highest BCUT2D eigenvalue weighted by molar-refractivity contribution is 6.08. The van der Waals surface area contributed by atoms with Gasteiger partial charge in [-0.05, 0) is 19.2 Å². The molecule has 0 radical (unpaired) electrons. The smallest absolute Gasteiger partial charge is 0.178 e. The Morgan fingerprint density at radius 2 is 2.15 bits per heavy atom. The first-order chi connectivity index (χ1) is 9.74. The summed E-state index contributed by atoms with van der Waals surface area (Å²) in [6, 6.07) is 9.75. The zero-order valence-corrected chi connectivity index (χ0v) is 11.3. The van der Waals surface area contributed by atoms with E-state index in [1.807, 2.05) is 42.3 Å². The van der Waals surface area contributed by atoms with Crippen LogP contribution < -0.4 is 0 Å². The fourth-order valence-corrected chi connectivity index (χ4v) is 2.38. The van der Waals surface area contributed by atoms with Crippen molar-refractivity contribution in [1.29, 1.82) is 0 Å². The molecule has 0 atom stereocenters. The Kier molecular flexibility index (Phi) is 3.39. The largest absolute Gasteiger partial charge is 0.472 e. The fourth-order valence-electron chi connectivity index (χ4n) is 2.38. The number of H-pyrrole nitrogens is 1. The predicted octanol–water partition coefficient (Wildman–Crippen LogP) is 3.08. The number of furan rings is 1. The van der Waals surface area contributed by atoms with E-state index in [4.69, 9.17) is 4.42 Å². The standard InChI is InChI=1S/C16H16N2O2/c1-18(9-12-6-7-20-11-12)10-16(19)14-8-17-15-5-3-2-4-13(14)15/h2-8,11,17H,9-10H2,1H3. The zero-order chi connectivity index (χ0) is 13.9. The molecule has 4 nitrogen and oxygen atoms in total. The molecule has 3 aromatic rings. The molecule has 0 aliphatic rings. The lowest BCUT2D eigenvalue weighted by Gasteiger charge is -2.14. The van der Waals surface area contributed by atoms with E-state index in [1.165, 1.54) is 0 Å². The summed E-state index contributed by atoms with van der Waals surface area (Å²) < 4.78 is 5.03. The van der Waals surface area contributed by atoms with Crippen molar-refractivity contribution in [1.82, 2.24) is 9.88 Å². The number of aromatic nitrogens is 1. The van der Waals surface area contributed by atoms with Crippen molar-refractivity contribution in [2.24, 2.45) is 0 Å². The van der Waals surface area contributed by atoms with Gasteiger partial charge in [0.15, 0.2) is 5.78 Å². The summed E-state index contributed by atoms with van der Waals surface area (Å²) >= 11 is 0. The van der Waals surface area contributed by atoms with E-state index in [2.05, 4.69) is 4.98 Å². The number of fused-ring (bicyclic) bond motifs is 1. The van der Waals surface area contributed by atoms with E-state index in [0.29, 0.717) is 13.1 Å². The number of nitrogens with zero attached hydrogens (tertiary/aromatic N) is 1. The molecule has 4 heteroatoms. The number of aromatic amines is 1. The summed E-state index contributed by atoms with van der Waals surface area (Å²) in [6.45, 7) is 1.08. The summed E-state index contributed by atoms with van der Waals surface area (Å²) in [4.78, 5) is 17.5. The third-order valence-electron chi connectivity index (χ3n) is 3.34. The molecular weight excluding hydrogens is 252 g/mol. The highest BCUT2D eigenvalue weighted by atomic mass is 16.3. The molecule has 0 spiro atoms. The highest BCUT2D eigenvalue weighted by Gasteiger charge is 2.14. The Bertz CT molecular complexity index is 713. The zero-order valence-electron chi connectivity index (χ0n) is 11.3. The number of para-hydroxylation sites is 1. The van der Waals surface area contributed by atoms with Crippen molar-refractivity contribution in [3.8, 4) is 0 Å².